The molecule has 1 saturated heterocycles. The molecule has 0 unspecified atom stereocenters. The Morgan fingerprint density at radius 2 is 1.72 bits per heavy atom. The van der Waals surface area contributed by atoms with Gasteiger partial charge in [0.05, 0.1) is 5.56 Å². The van der Waals surface area contributed by atoms with E-state index in [0.29, 0.717) is 30.3 Å². The summed E-state index contributed by atoms with van der Waals surface area (Å²) in [5.74, 6) is -0.211. The molecule has 5 rings (SSSR count). The number of benzene rings is 3. The van der Waals surface area contributed by atoms with E-state index < -0.39 is 5.97 Å². The Kier molecular flexibility index (Phi) is 7.10. The summed E-state index contributed by atoms with van der Waals surface area (Å²) in [5, 5.41) is 10.4. The lowest BCUT2D eigenvalue weighted by Crippen LogP contribution is -2.35. The molecular formula is C30H28ClNO4. The van der Waals surface area contributed by atoms with E-state index in [2.05, 4.69) is 0 Å². The normalized spacial score (nSPS) is 15.9. The molecule has 1 aliphatic carbocycles. The zero-order valence-electron chi connectivity index (χ0n) is 20.0. The first-order chi connectivity index (χ1) is 17.5. The first kappa shape index (κ1) is 24.1. The van der Waals surface area contributed by atoms with Crippen molar-refractivity contribution in [2.45, 2.75) is 45.1 Å². The molecule has 0 saturated carbocycles. The molecule has 1 heterocycles. The van der Waals surface area contributed by atoms with Crippen LogP contribution in [0.5, 0.6) is 5.75 Å². The Morgan fingerprint density at radius 1 is 0.917 bits per heavy atom. The van der Waals surface area contributed by atoms with Gasteiger partial charge in [0.2, 0.25) is 5.91 Å². The van der Waals surface area contributed by atoms with Crippen molar-refractivity contribution in [3.8, 4) is 5.75 Å². The number of carbonyl (C=O) groups excluding carboxylic acids is 1. The predicted molar refractivity (Wildman–Crippen MR) is 142 cm³/mol. The average molecular weight is 502 g/mol. The van der Waals surface area contributed by atoms with Gasteiger partial charge in [0.15, 0.2) is 0 Å². The predicted octanol–water partition coefficient (Wildman–Crippen LogP) is 7.23. The summed E-state index contributed by atoms with van der Waals surface area (Å²) in [7, 11) is 0. The van der Waals surface area contributed by atoms with Crippen LogP contribution in [0.3, 0.4) is 0 Å². The zero-order valence-corrected chi connectivity index (χ0v) is 20.8. The van der Waals surface area contributed by atoms with Crippen molar-refractivity contribution < 1.29 is 19.4 Å². The zero-order chi connectivity index (χ0) is 25.1. The second-order valence-corrected chi connectivity index (χ2v) is 9.74. The number of carbonyl (C=O) groups is 2. The van der Waals surface area contributed by atoms with Crippen molar-refractivity contribution in [3.63, 3.8) is 0 Å². The largest absolute Gasteiger partial charge is 0.488 e. The van der Waals surface area contributed by atoms with Crippen LogP contribution in [-0.4, -0.2) is 23.5 Å². The van der Waals surface area contributed by atoms with E-state index in [9.17, 15) is 14.7 Å². The molecule has 1 aliphatic heterocycles. The second-order valence-electron chi connectivity index (χ2n) is 9.30. The van der Waals surface area contributed by atoms with Crippen molar-refractivity contribution in [3.05, 3.63) is 94.0 Å². The highest BCUT2D eigenvalue weighted by atomic mass is 35.5. The number of anilines is 1. The molecule has 0 atom stereocenters. The number of carboxylic acid groups (broad SMARTS) is 1. The molecule has 0 spiro atoms. The van der Waals surface area contributed by atoms with Crippen LogP contribution in [0, 0.1) is 0 Å². The molecule has 36 heavy (non-hydrogen) atoms. The first-order valence-corrected chi connectivity index (χ1v) is 12.8. The number of hydrogen-bond donors (Lipinski definition) is 1. The fourth-order valence-corrected chi connectivity index (χ4v) is 5.27. The van der Waals surface area contributed by atoms with E-state index in [-0.39, 0.29) is 11.5 Å². The van der Waals surface area contributed by atoms with E-state index >= 15 is 0 Å². The molecule has 3 aromatic rings. The van der Waals surface area contributed by atoms with Crippen LogP contribution in [0.25, 0.3) is 11.1 Å². The monoisotopic (exact) mass is 501 g/mol. The second kappa shape index (κ2) is 10.6. The lowest BCUT2D eigenvalue weighted by atomic mass is 9.94. The summed E-state index contributed by atoms with van der Waals surface area (Å²) < 4.78 is 6.23. The molecule has 0 radical (unpaired) electrons. The van der Waals surface area contributed by atoms with Crippen LogP contribution in [0.4, 0.5) is 5.69 Å². The van der Waals surface area contributed by atoms with E-state index in [1.54, 1.807) is 17.0 Å². The molecule has 1 fully saturated rings. The molecule has 6 heteroatoms. The number of carboxylic acids is 1. The van der Waals surface area contributed by atoms with Crippen molar-refractivity contribution in [1.29, 1.82) is 0 Å². The van der Waals surface area contributed by atoms with Crippen LogP contribution in [0.2, 0.25) is 5.02 Å². The Morgan fingerprint density at radius 3 is 2.50 bits per heavy atom. The topological polar surface area (TPSA) is 66.8 Å². The standard InChI is InChI=1S/C30H28ClNO4/c31-23-12-13-28(36-19-20-7-2-1-3-8-20)27(18-23)26-10-6-9-25(26)21-15-22(30(34)35)17-24(16-21)32-14-5-4-11-29(32)33/h1-3,7-8,12-13,15-18H,4-6,9-11,14,19H2,(H,34,35). The molecule has 0 bridgehead atoms. The molecule has 5 nitrogen and oxygen atoms in total. The molecule has 2 aliphatic rings. The lowest BCUT2D eigenvalue weighted by Gasteiger charge is -2.27. The van der Waals surface area contributed by atoms with Gasteiger partial charge in [-0.1, -0.05) is 41.9 Å². The fraction of sp³-hybridized carbons (Fsp3) is 0.267. The summed E-state index contributed by atoms with van der Waals surface area (Å²) in [6, 6.07) is 20.9. The number of halogens is 1. The van der Waals surface area contributed by atoms with Gasteiger partial charge in [-0.2, -0.15) is 0 Å². The maximum atomic E-state index is 12.6. The first-order valence-electron chi connectivity index (χ1n) is 12.4. The van der Waals surface area contributed by atoms with Gasteiger partial charge in [-0.3, -0.25) is 4.79 Å². The lowest BCUT2D eigenvalue weighted by molar-refractivity contribution is -0.119. The number of hydrogen-bond acceptors (Lipinski definition) is 3. The molecule has 184 valence electrons. The molecule has 0 aromatic heterocycles. The van der Waals surface area contributed by atoms with Crippen molar-refractivity contribution in [2.24, 2.45) is 0 Å². The number of aromatic carboxylic acids is 1. The SMILES string of the molecule is O=C(O)c1cc(C2=C(c3cc(Cl)ccc3OCc3ccccc3)CCC2)cc(N2CCCCC2=O)c1. The van der Waals surface area contributed by atoms with Crippen LogP contribution in [-0.2, 0) is 11.4 Å². The third-order valence-corrected chi connectivity index (χ3v) is 7.11. The smallest absolute Gasteiger partial charge is 0.335 e. The molecular weight excluding hydrogens is 474 g/mol. The maximum absolute atomic E-state index is 12.6. The van der Waals surface area contributed by atoms with Crippen molar-refractivity contribution in [2.75, 3.05) is 11.4 Å². The van der Waals surface area contributed by atoms with Gasteiger partial charge in [0, 0.05) is 29.2 Å². The van der Waals surface area contributed by atoms with Gasteiger partial charge in [-0.25, -0.2) is 4.79 Å². The summed E-state index contributed by atoms with van der Waals surface area (Å²) in [6.45, 7) is 1.05. The van der Waals surface area contributed by atoms with Gasteiger partial charge in [0.1, 0.15) is 12.4 Å². The van der Waals surface area contributed by atoms with Gasteiger partial charge in [-0.15, -0.1) is 0 Å². The van der Waals surface area contributed by atoms with Crippen LogP contribution in [0.15, 0.2) is 66.7 Å². The van der Waals surface area contributed by atoms with E-state index in [0.717, 1.165) is 65.7 Å². The third-order valence-electron chi connectivity index (χ3n) is 6.87. The highest BCUT2D eigenvalue weighted by Gasteiger charge is 2.25. The number of nitrogens with zero attached hydrogens (tertiary/aromatic N) is 1. The van der Waals surface area contributed by atoms with Gasteiger partial charge >= 0.3 is 5.97 Å². The van der Waals surface area contributed by atoms with E-state index in [1.807, 2.05) is 54.6 Å². The third kappa shape index (κ3) is 5.17. The molecule has 1 N–H and O–H groups in total. The Labute approximate surface area is 216 Å². The Hall–Kier alpha value is -3.57. The van der Waals surface area contributed by atoms with Gasteiger partial charge in [0.25, 0.3) is 0 Å². The summed E-state index contributed by atoms with van der Waals surface area (Å²) >= 11 is 6.42. The van der Waals surface area contributed by atoms with Crippen LogP contribution >= 0.6 is 11.6 Å². The van der Waals surface area contributed by atoms with Gasteiger partial charge < -0.3 is 14.7 Å². The fourth-order valence-electron chi connectivity index (χ4n) is 5.10. The van der Waals surface area contributed by atoms with Gasteiger partial charge in [-0.05, 0) is 90.8 Å². The number of ether oxygens (including phenoxy) is 1. The number of piperidine rings is 1. The minimum atomic E-state index is -1.00. The summed E-state index contributed by atoms with van der Waals surface area (Å²) in [4.78, 5) is 26.3. The summed E-state index contributed by atoms with van der Waals surface area (Å²) in [5.41, 5.74) is 5.87. The quantitative estimate of drug-likeness (QED) is 0.371. The Bertz CT molecular complexity index is 1330. The van der Waals surface area contributed by atoms with Crippen molar-refractivity contribution >= 4 is 40.3 Å². The highest BCUT2D eigenvalue weighted by molar-refractivity contribution is 6.30. The average Bonchev–Trinajstić information content (AvgIpc) is 3.38. The minimum Gasteiger partial charge on any atom is -0.488 e. The maximum Gasteiger partial charge on any atom is 0.335 e. The summed E-state index contributed by atoms with van der Waals surface area (Å²) in [6.07, 6.45) is 4.88. The van der Waals surface area contributed by atoms with E-state index in [4.69, 9.17) is 16.3 Å². The van der Waals surface area contributed by atoms with Crippen LogP contribution in [0.1, 0.15) is 65.6 Å². The number of rotatable bonds is 7. The minimum absolute atomic E-state index is 0.0433. The van der Waals surface area contributed by atoms with Crippen LogP contribution < -0.4 is 9.64 Å². The number of allylic oxidation sites excluding steroid dienone is 2. The molecule has 3 aromatic carbocycles. The Balaban J connectivity index is 1.56. The van der Waals surface area contributed by atoms with E-state index in [1.165, 1.54) is 0 Å². The number of amides is 1. The molecule has 1 amide bonds. The highest BCUT2D eigenvalue weighted by Crippen LogP contribution is 2.44. The van der Waals surface area contributed by atoms with Crippen molar-refractivity contribution in [1.82, 2.24) is 0 Å².